The second-order valence-corrected chi connectivity index (χ2v) is 7.13. The van der Waals surface area contributed by atoms with Crippen LogP contribution in [0.5, 0.6) is 5.75 Å². The zero-order chi connectivity index (χ0) is 14.7. The summed E-state index contributed by atoms with van der Waals surface area (Å²) in [5.41, 5.74) is 1.70. The van der Waals surface area contributed by atoms with Gasteiger partial charge in [-0.3, -0.25) is 4.79 Å². The molecule has 0 radical (unpaired) electrons. The standard InChI is InChI=1S/C15H11Br2IO2/c1-20-15-5-2-9(6-12(15)17)7-14(19)11-8-10(16)3-4-13(11)18/h2-6,8H,7H2,1H3. The highest BCUT2D eigenvalue weighted by Crippen LogP contribution is 2.26. The Morgan fingerprint density at radius 2 is 1.95 bits per heavy atom. The van der Waals surface area contributed by atoms with E-state index < -0.39 is 0 Å². The first-order valence-corrected chi connectivity index (χ1v) is 8.48. The lowest BCUT2D eigenvalue weighted by Crippen LogP contribution is -2.06. The number of hydrogen-bond acceptors (Lipinski definition) is 2. The highest BCUT2D eigenvalue weighted by atomic mass is 127. The molecule has 2 aromatic carbocycles. The van der Waals surface area contributed by atoms with Gasteiger partial charge in [-0.25, -0.2) is 0 Å². The molecule has 2 nitrogen and oxygen atoms in total. The van der Waals surface area contributed by atoms with Crippen molar-refractivity contribution in [3.63, 3.8) is 0 Å². The first kappa shape index (κ1) is 16.0. The van der Waals surface area contributed by atoms with Gasteiger partial charge in [0.05, 0.1) is 11.6 Å². The number of halogens is 3. The zero-order valence-corrected chi connectivity index (χ0v) is 16.0. The van der Waals surface area contributed by atoms with E-state index in [1.54, 1.807) is 7.11 Å². The molecule has 0 aliphatic heterocycles. The fourth-order valence-electron chi connectivity index (χ4n) is 1.81. The SMILES string of the molecule is COc1ccc(CC(=O)c2cc(Br)ccc2I)cc1Br. The molecule has 0 atom stereocenters. The maximum Gasteiger partial charge on any atom is 0.168 e. The number of methoxy groups -OCH3 is 1. The second-order valence-electron chi connectivity index (χ2n) is 4.19. The molecule has 104 valence electrons. The van der Waals surface area contributed by atoms with Crippen molar-refractivity contribution < 1.29 is 9.53 Å². The average Bonchev–Trinajstić information content (AvgIpc) is 2.41. The minimum Gasteiger partial charge on any atom is -0.496 e. The summed E-state index contributed by atoms with van der Waals surface area (Å²) in [4.78, 5) is 12.4. The van der Waals surface area contributed by atoms with Crippen molar-refractivity contribution in [1.29, 1.82) is 0 Å². The number of ether oxygens (including phenoxy) is 1. The number of ketones is 1. The third-order valence-corrected chi connectivity index (χ3v) is 4.86. The molecule has 20 heavy (non-hydrogen) atoms. The summed E-state index contributed by atoms with van der Waals surface area (Å²) in [6, 6.07) is 11.4. The molecule has 0 amide bonds. The summed E-state index contributed by atoms with van der Waals surface area (Å²) in [5, 5.41) is 0. The van der Waals surface area contributed by atoms with Gasteiger partial charge in [-0.1, -0.05) is 22.0 Å². The van der Waals surface area contributed by atoms with E-state index in [0.29, 0.717) is 6.42 Å². The second kappa shape index (κ2) is 7.04. The van der Waals surface area contributed by atoms with Gasteiger partial charge in [-0.05, 0) is 74.4 Å². The topological polar surface area (TPSA) is 26.3 Å². The molecule has 0 unspecified atom stereocenters. The number of rotatable bonds is 4. The van der Waals surface area contributed by atoms with Gasteiger partial charge in [0.1, 0.15) is 5.75 Å². The fourth-order valence-corrected chi connectivity index (χ4v) is 3.40. The van der Waals surface area contributed by atoms with Crippen LogP contribution in [0.25, 0.3) is 0 Å². The Morgan fingerprint density at radius 3 is 2.60 bits per heavy atom. The third kappa shape index (κ3) is 3.83. The third-order valence-electron chi connectivity index (χ3n) is 2.81. The lowest BCUT2D eigenvalue weighted by atomic mass is 10.0. The molecule has 0 N–H and O–H groups in total. The number of carbonyl (C=O) groups is 1. The molecule has 0 spiro atoms. The summed E-state index contributed by atoms with van der Waals surface area (Å²) in [6.45, 7) is 0. The van der Waals surface area contributed by atoms with Gasteiger partial charge >= 0.3 is 0 Å². The van der Waals surface area contributed by atoms with Crippen molar-refractivity contribution in [2.45, 2.75) is 6.42 Å². The van der Waals surface area contributed by atoms with Crippen molar-refractivity contribution in [2.75, 3.05) is 7.11 Å². The zero-order valence-electron chi connectivity index (χ0n) is 10.6. The Balaban J connectivity index is 2.23. The van der Waals surface area contributed by atoms with E-state index in [0.717, 1.165) is 29.4 Å². The number of carbonyl (C=O) groups excluding carboxylic acids is 1. The first-order chi connectivity index (χ1) is 9.51. The van der Waals surface area contributed by atoms with E-state index >= 15 is 0 Å². The first-order valence-electron chi connectivity index (χ1n) is 5.82. The van der Waals surface area contributed by atoms with Gasteiger partial charge in [0, 0.05) is 20.0 Å². The summed E-state index contributed by atoms with van der Waals surface area (Å²) in [5.74, 6) is 0.867. The van der Waals surface area contributed by atoms with Crippen LogP contribution < -0.4 is 4.74 Å². The molecule has 0 aromatic heterocycles. The highest BCUT2D eigenvalue weighted by Gasteiger charge is 2.12. The van der Waals surface area contributed by atoms with Gasteiger partial charge in [0.25, 0.3) is 0 Å². The van der Waals surface area contributed by atoms with Gasteiger partial charge in [0.15, 0.2) is 5.78 Å². The normalized spacial score (nSPS) is 10.4. The van der Waals surface area contributed by atoms with Crippen molar-refractivity contribution in [3.05, 3.63) is 60.0 Å². The maximum atomic E-state index is 12.4. The van der Waals surface area contributed by atoms with Gasteiger partial charge in [-0.2, -0.15) is 0 Å². The molecule has 0 saturated heterocycles. The van der Waals surface area contributed by atoms with Crippen LogP contribution in [0, 0.1) is 3.57 Å². The van der Waals surface area contributed by atoms with Crippen LogP contribution in [-0.2, 0) is 6.42 Å². The van der Waals surface area contributed by atoms with Crippen LogP contribution in [0.2, 0.25) is 0 Å². The Morgan fingerprint density at radius 1 is 1.20 bits per heavy atom. The molecule has 0 aliphatic carbocycles. The monoisotopic (exact) mass is 508 g/mol. The van der Waals surface area contributed by atoms with Gasteiger partial charge in [0.2, 0.25) is 0 Å². The predicted molar refractivity (Wildman–Crippen MR) is 95.6 cm³/mol. The van der Waals surface area contributed by atoms with Crippen LogP contribution in [0.4, 0.5) is 0 Å². The average molecular weight is 510 g/mol. The van der Waals surface area contributed by atoms with Crippen LogP contribution in [0.1, 0.15) is 15.9 Å². The largest absolute Gasteiger partial charge is 0.496 e. The molecule has 0 heterocycles. The Hall–Kier alpha value is -0.400. The number of Topliss-reactive ketones (excluding diaryl/α,β-unsaturated/α-hetero) is 1. The van der Waals surface area contributed by atoms with E-state index in [1.807, 2.05) is 36.4 Å². The van der Waals surface area contributed by atoms with E-state index in [9.17, 15) is 4.79 Å². The summed E-state index contributed by atoms with van der Waals surface area (Å²) in [6.07, 6.45) is 0.370. The van der Waals surface area contributed by atoms with E-state index in [2.05, 4.69) is 54.5 Å². The molecule has 0 bridgehead atoms. The fraction of sp³-hybridized carbons (Fsp3) is 0.133. The van der Waals surface area contributed by atoms with Crippen molar-refractivity contribution in [2.24, 2.45) is 0 Å². The molecule has 5 heteroatoms. The molecule has 2 aromatic rings. The maximum absolute atomic E-state index is 12.4. The van der Waals surface area contributed by atoms with E-state index in [4.69, 9.17) is 4.74 Å². The Labute approximate surface area is 148 Å². The number of benzene rings is 2. The van der Waals surface area contributed by atoms with Crippen molar-refractivity contribution in [3.8, 4) is 5.75 Å². The lowest BCUT2D eigenvalue weighted by Gasteiger charge is -2.07. The van der Waals surface area contributed by atoms with Gasteiger partial charge < -0.3 is 4.74 Å². The van der Waals surface area contributed by atoms with E-state index in [-0.39, 0.29) is 5.78 Å². The smallest absolute Gasteiger partial charge is 0.168 e. The lowest BCUT2D eigenvalue weighted by molar-refractivity contribution is 0.0992. The Bertz CT molecular complexity index is 656. The molecular formula is C15H11Br2IO2. The van der Waals surface area contributed by atoms with E-state index in [1.165, 1.54) is 0 Å². The van der Waals surface area contributed by atoms with Crippen LogP contribution >= 0.6 is 54.5 Å². The van der Waals surface area contributed by atoms with Crippen molar-refractivity contribution >= 4 is 60.2 Å². The molecular weight excluding hydrogens is 499 g/mol. The molecule has 0 saturated carbocycles. The molecule has 2 rings (SSSR count). The number of hydrogen-bond donors (Lipinski definition) is 0. The highest BCUT2D eigenvalue weighted by molar-refractivity contribution is 14.1. The van der Waals surface area contributed by atoms with Crippen LogP contribution in [-0.4, -0.2) is 12.9 Å². The summed E-state index contributed by atoms with van der Waals surface area (Å²) < 4.78 is 7.92. The van der Waals surface area contributed by atoms with Crippen molar-refractivity contribution in [1.82, 2.24) is 0 Å². The van der Waals surface area contributed by atoms with Crippen LogP contribution in [0.3, 0.4) is 0 Å². The quantitative estimate of drug-likeness (QED) is 0.416. The predicted octanol–water partition coefficient (Wildman–Crippen LogP) is 5.25. The molecule has 0 aliphatic rings. The van der Waals surface area contributed by atoms with Gasteiger partial charge in [-0.15, -0.1) is 0 Å². The Kier molecular flexibility index (Phi) is 5.63. The molecule has 0 fully saturated rings. The van der Waals surface area contributed by atoms with Crippen LogP contribution in [0.15, 0.2) is 45.3 Å². The summed E-state index contributed by atoms with van der Waals surface area (Å²) in [7, 11) is 1.62. The minimum absolute atomic E-state index is 0.104. The minimum atomic E-state index is 0.104. The summed E-state index contributed by atoms with van der Waals surface area (Å²) >= 11 is 9.02.